The second-order valence-corrected chi connectivity index (χ2v) is 3.71. The van der Waals surface area contributed by atoms with E-state index in [1.54, 1.807) is 12.1 Å². The van der Waals surface area contributed by atoms with Gasteiger partial charge in [-0.05, 0) is 13.0 Å². The van der Waals surface area contributed by atoms with Gasteiger partial charge < -0.3 is 15.8 Å². The summed E-state index contributed by atoms with van der Waals surface area (Å²) in [6.07, 6.45) is 1.62. The van der Waals surface area contributed by atoms with Crippen molar-refractivity contribution in [2.75, 3.05) is 13.2 Å². The monoisotopic (exact) mass is 234 g/mol. The Morgan fingerprint density at radius 1 is 1.59 bits per heavy atom. The molecule has 0 unspecified atom stereocenters. The van der Waals surface area contributed by atoms with Gasteiger partial charge in [0.2, 0.25) is 0 Å². The van der Waals surface area contributed by atoms with Crippen LogP contribution in [-0.4, -0.2) is 19.1 Å². The maximum absolute atomic E-state index is 11.3. The van der Waals surface area contributed by atoms with E-state index in [0.717, 1.165) is 5.56 Å². The van der Waals surface area contributed by atoms with E-state index in [-0.39, 0.29) is 18.6 Å². The largest absolute Gasteiger partial charge is 0.483 e. The number of amides is 1. The highest BCUT2D eigenvalue weighted by Gasteiger charge is 2.08. The van der Waals surface area contributed by atoms with Crippen molar-refractivity contribution >= 4 is 5.91 Å². The van der Waals surface area contributed by atoms with Gasteiger partial charge in [0.05, 0.1) is 0 Å². The second-order valence-electron chi connectivity index (χ2n) is 3.71. The van der Waals surface area contributed by atoms with Gasteiger partial charge >= 0.3 is 0 Å². The number of rotatable bonds is 6. The van der Waals surface area contributed by atoms with Crippen LogP contribution in [0.3, 0.4) is 0 Å². The number of hydrogen-bond acceptors (Lipinski definition) is 3. The first-order valence-corrected chi connectivity index (χ1v) is 5.50. The highest BCUT2D eigenvalue weighted by molar-refractivity contribution is 5.77. The Morgan fingerprint density at radius 2 is 2.29 bits per heavy atom. The number of nitrogens with one attached hydrogen (secondary N) is 1. The molecule has 0 aliphatic carbocycles. The van der Waals surface area contributed by atoms with Crippen LogP contribution in [0, 0.1) is 0 Å². The van der Waals surface area contributed by atoms with Gasteiger partial charge in [-0.25, -0.2) is 0 Å². The fourth-order valence-electron chi connectivity index (χ4n) is 1.37. The summed E-state index contributed by atoms with van der Waals surface area (Å²) >= 11 is 0. The molecule has 0 radical (unpaired) electrons. The van der Waals surface area contributed by atoms with Gasteiger partial charge in [-0.15, -0.1) is 6.58 Å². The number of benzene rings is 1. The molecule has 0 saturated carbocycles. The summed E-state index contributed by atoms with van der Waals surface area (Å²) < 4.78 is 5.43. The predicted octanol–water partition coefficient (Wildman–Crippen LogP) is 1.39. The van der Waals surface area contributed by atoms with E-state index >= 15 is 0 Å². The SMILES string of the molecule is C=CCNC(=O)COc1ccccc1[C@H](C)N. The van der Waals surface area contributed by atoms with Crippen molar-refractivity contribution in [2.45, 2.75) is 13.0 Å². The summed E-state index contributed by atoms with van der Waals surface area (Å²) in [7, 11) is 0. The lowest BCUT2D eigenvalue weighted by molar-refractivity contribution is -0.122. The molecule has 4 heteroatoms. The molecule has 3 N–H and O–H groups in total. The van der Waals surface area contributed by atoms with E-state index in [2.05, 4.69) is 11.9 Å². The summed E-state index contributed by atoms with van der Waals surface area (Å²) in [5.41, 5.74) is 6.70. The molecule has 1 aromatic rings. The summed E-state index contributed by atoms with van der Waals surface area (Å²) in [5.74, 6) is 0.473. The Kier molecular flexibility index (Phi) is 5.23. The fourth-order valence-corrected chi connectivity index (χ4v) is 1.37. The minimum absolute atomic E-state index is 0.0163. The predicted molar refractivity (Wildman–Crippen MR) is 67.7 cm³/mol. The van der Waals surface area contributed by atoms with E-state index in [0.29, 0.717) is 12.3 Å². The van der Waals surface area contributed by atoms with Crippen molar-refractivity contribution in [2.24, 2.45) is 5.73 Å². The zero-order valence-electron chi connectivity index (χ0n) is 9.98. The van der Waals surface area contributed by atoms with Crippen molar-refractivity contribution in [3.05, 3.63) is 42.5 Å². The molecule has 1 atom stereocenters. The van der Waals surface area contributed by atoms with Gasteiger partial charge in [-0.2, -0.15) is 0 Å². The van der Waals surface area contributed by atoms with Crippen LogP contribution in [0.4, 0.5) is 0 Å². The van der Waals surface area contributed by atoms with Crippen molar-refractivity contribution in [3.8, 4) is 5.75 Å². The van der Waals surface area contributed by atoms with Crippen LogP contribution in [-0.2, 0) is 4.79 Å². The van der Waals surface area contributed by atoms with Gasteiger partial charge in [-0.3, -0.25) is 4.79 Å². The van der Waals surface area contributed by atoms with Gasteiger partial charge in [0, 0.05) is 18.2 Å². The minimum Gasteiger partial charge on any atom is -0.483 e. The molecule has 1 aromatic carbocycles. The van der Waals surface area contributed by atoms with Crippen LogP contribution in [0.5, 0.6) is 5.75 Å². The smallest absolute Gasteiger partial charge is 0.258 e. The van der Waals surface area contributed by atoms with E-state index in [1.165, 1.54) is 0 Å². The number of para-hydroxylation sites is 1. The van der Waals surface area contributed by atoms with Crippen molar-refractivity contribution in [1.29, 1.82) is 0 Å². The lowest BCUT2D eigenvalue weighted by Gasteiger charge is -2.13. The highest BCUT2D eigenvalue weighted by Crippen LogP contribution is 2.22. The normalized spacial score (nSPS) is 11.6. The van der Waals surface area contributed by atoms with Crippen LogP contribution < -0.4 is 15.8 Å². The topological polar surface area (TPSA) is 64.3 Å². The van der Waals surface area contributed by atoms with Gasteiger partial charge in [0.25, 0.3) is 5.91 Å². The molecule has 92 valence electrons. The summed E-state index contributed by atoms with van der Waals surface area (Å²) in [6.45, 7) is 5.82. The molecule has 0 heterocycles. The Labute approximate surface area is 101 Å². The Balaban J connectivity index is 2.56. The lowest BCUT2D eigenvalue weighted by Crippen LogP contribution is -2.29. The molecule has 0 aliphatic heterocycles. The number of carbonyl (C=O) groups is 1. The molecule has 4 nitrogen and oxygen atoms in total. The molecule has 17 heavy (non-hydrogen) atoms. The van der Waals surface area contributed by atoms with E-state index in [1.807, 2.05) is 25.1 Å². The Morgan fingerprint density at radius 3 is 2.94 bits per heavy atom. The quantitative estimate of drug-likeness (QED) is 0.731. The molecule has 1 amide bonds. The maximum atomic E-state index is 11.3. The van der Waals surface area contributed by atoms with E-state index < -0.39 is 0 Å². The second kappa shape index (κ2) is 6.70. The zero-order valence-corrected chi connectivity index (χ0v) is 9.98. The van der Waals surface area contributed by atoms with Crippen LogP contribution >= 0.6 is 0 Å². The molecule has 0 fully saturated rings. The van der Waals surface area contributed by atoms with Crippen molar-refractivity contribution in [1.82, 2.24) is 5.32 Å². The first-order valence-electron chi connectivity index (χ1n) is 5.50. The van der Waals surface area contributed by atoms with Gasteiger partial charge in [-0.1, -0.05) is 24.3 Å². The summed E-state index contributed by atoms with van der Waals surface area (Å²) in [4.78, 5) is 11.3. The third kappa shape index (κ3) is 4.28. The zero-order chi connectivity index (χ0) is 12.7. The van der Waals surface area contributed by atoms with Crippen LogP contribution in [0.2, 0.25) is 0 Å². The lowest BCUT2D eigenvalue weighted by atomic mass is 10.1. The van der Waals surface area contributed by atoms with Crippen molar-refractivity contribution in [3.63, 3.8) is 0 Å². The minimum atomic E-state index is -0.177. The Bertz CT molecular complexity index is 389. The van der Waals surface area contributed by atoms with Crippen LogP contribution in [0.15, 0.2) is 36.9 Å². The Hall–Kier alpha value is -1.81. The molecule has 1 rings (SSSR count). The average molecular weight is 234 g/mol. The van der Waals surface area contributed by atoms with Crippen molar-refractivity contribution < 1.29 is 9.53 Å². The molecule has 0 aromatic heterocycles. The first kappa shape index (κ1) is 13.3. The molecular formula is C13H18N2O2. The van der Waals surface area contributed by atoms with Gasteiger partial charge in [0.15, 0.2) is 6.61 Å². The molecule has 0 saturated heterocycles. The molecule has 0 bridgehead atoms. The summed E-state index contributed by atoms with van der Waals surface area (Å²) in [6, 6.07) is 7.32. The van der Waals surface area contributed by atoms with Crippen LogP contribution in [0.1, 0.15) is 18.5 Å². The first-order chi connectivity index (χ1) is 8.15. The highest BCUT2D eigenvalue weighted by atomic mass is 16.5. The third-order valence-electron chi connectivity index (χ3n) is 2.21. The third-order valence-corrected chi connectivity index (χ3v) is 2.21. The van der Waals surface area contributed by atoms with Crippen LogP contribution in [0.25, 0.3) is 0 Å². The number of carbonyl (C=O) groups excluding carboxylic acids is 1. The molecular weight excluding hydrogens is 216 g/mol. The van der Waals surface area contributed by atoms with Gasteiger partial charge in [0.1, 0.15) is 5.75 Å². The van der Waals surface area contributed by atoms with E-state index in [9.17, 15) is 4.79 Å². The number of nitrogens with two attached hydrogens (primary N) is 1. The standard InChI is InChI=1S/C13H18N2O2/c1-3-8-15-13(16)9-17-12-7-5-4-6-11(12)10(2)14/h3-7,10H,1,8-9,14H2,2H3,(H,15,16)/t10-/m0/s1. The maximum Gasteiger partial charge on any atom is 0.258 e. The fraction of sp³-hybridized carbons (Fsp3) is 0.308. The number of hydrogen-bond donors (Lipinski definition) is 2. The number of ether oxygens (including phenoxy) is 1. The molecule has 0 spiro atoms. The molecule has 0 aliphatic rings. The summed E-state index contributed by atoms with van der Waals surface area (Å²) in [5, 5.41) is 2.64. The average Bonchev–Trinajstić information content (AvgIpc) is 2.34. The van der Waals surface area contributed by atoms with E-state index in [4.69, 9.17) is 10.5 Å².